The highest BCUT2D eigenvalue weighted by Gasteiger charge is 2.28. The molecule has 1 atom stereocenters. The zero-order chi connectivity index (χ0) is 25.5. The second-order valence-electron chi connectivity index (χ2n) is 8.92. The maximum atomic E-state index is 13.3. The number of likely N-dealkylation sites (tertiary alicyclic amines) is 1. The highest BCUT2D eigenvalue weighted by molar-refractivity contribution is 5.98. The molecule has 2 amide bonds. The number of benzene rings is 2. The molecule has 0 spiro atoms. The lowest BCUT2D eigenvalue weighted by atomic mass is 10.1. The van der Waals surface area contributed by atoms with Crippen LogP contribution in [0.15, 0.2) is 57.9 Å². The lowest BCUT2D eigenvalue weighted by Gasteiger charge is -2.23. The first kappa shape index (κ1) is 24.8. The maximum Gasteiger partial charge on any atom is 0.247 e. The smallest absolute Gasteiger partial charge is 0.247 e. The summed E-state index contributed by atoms with van der Waals surface area (Å²) >= 11 is 0. The van der Waals surface area contributed by atoms with Crippen LogP contribution in [0, 0.1) is 25.3 Å². The number of hydrogen-bond donors (Lipinski definition) is 3. The molecule has 0 saturated carbocycles. The summed E-state index contributed by atoms with van der Waals surface area (Å²) in [4.78, 5) is 32.0. The fourth-order valence-corrected chi connectivity index (χ4v) is 4.29. The fourth-order valence-electron chi connectivity index (χ4n) is 4.29. The van der Waals surface area contributed by atoms with Crippen molar-refractivity contribution in [1.29, 1.82) is 5.26 Å². The van der Waals surface area contributed by atoms with Gasteiger partial charge in [0.15, 0.2) is 6.19 Å². The van der Waals surface area contributed by atoms with Gasteiger partial charge in [0, 0.05) is 24.2 Å². The van der Waals surface area contributed by atoms with Gasteiger partial charge in [-0.1, -0.05) is 24.3 Å². The molecule has 1 aliphatic heterocycles. The number of anilines is 1. The number of rotatable bonds is 6. The highest BCUT2D eigenvalue weighted by atomic mass is 16.3. The topological polar surface area (TPSA) is 123 Å². The van der Waals surface area contributed by atoms with Gasteiger partial charge in [0.25, 0.3) is 0 Å². The second kappa shape index (κ2) is 11.4. The van der Waals surface area contributed by atoms with Gasteiger partial charge in [0.05, 0.1) is 6.54 Å². The Morgan fingerprint density at radius 3 is 2.83 bits per heavy atom. The molecule has 1 aromatic heterocycles. The molecule has 1 aliphatic rings. The highest BCUT2D eigenvalue weighted by Crippen LogP contribution is 2.23. The number of hydrogen-bond acceptors (Lipinski definition) is 5. The van der Waals surface area contributed by atoms with Gasteiger partial charge < -0.3 is 20.0 Å². The van der Waals surface area contributed by atoms with E-state index < -0.39 is 6.04 Å². The van der Waals surface area contributed by atoms with E-state index in [1.54, 1.807) is 4.90 Å². The lowest BCUT2D eigenvalue weighted by molar-refractivity contribution is -0.136. The first-order valence-electron chi connectivity index (χ1n) is 12.0. The Bertz CT molecular complexity index is 1320. The van der Waals surface area contributed by atoms with Gasteiger partial charge in [-0.25, -0.2) is 4.99 Å². The molecule has 36 heavy (non-hydrogen) atoms. The zero-order valence-corrected chi connectivity index (χ0v) is 20.5. The van der Waals surface area contributed by atoms with Gasteiger partial charge in [-0.15, -0.1) is 0 Å². The van der Waals surface area contributed by atoms with Gasteiger partial charge in [0.1, 0.15) is 17.4 Å². The molecule has 0 bridgehead atoms. The van der Waals surface area contributed by atoms with Crippen LogP contribution in [0.3, 0.4) is 0 Å². The molecule has 1 saturated heterocycles. The summed E-state index contributed by atoms with van der Waals surface area (Å²) in [5.41, 5.74) is 3.61. The quantitative estimate of drug-likeness (QED) is 0.212. The normalized spacial score (nSPS) is 16.4. The van der Waals surface area contributed by atoms with E-state index in [-0.39, 0.29) is 24.3 Å². The number of aliphatic imine (C=N–C) groups is 1. The number of nitrogens with one attached hydrogen (secondary N) is 3. The average molecular weight is 487 g/mol. The Labute approximate surface area is 210 Å². The van der Waals surface area contributed by atoms with E-state index in [1.807, 2.05) is 68.6 Å². The molecule has 3 N–H and O–H groups in total. The Balaban J connectivity index is 1.43. The molecule has 0 aliphatic carbocycles. The molecule has 0 radical (unpaired) electrons. The predicted molar refractivity (Wildman–Crippen MR) is 138 cm³/mol. The minimum absolute atomic E-state index is 0.0261. The van der Waals surface area contributed by atoms with Crippen molar-refractivity contribution in [3.8, 4) is 6.19 Å². The third-order valence-electron chi connectivity index (χ3n) is 6.19. The van der Waals surface area contributed by atoms with Crippen LogP contribution < -0.4 is 16.0 Å². The van der Waals surface area contributed by atoms with E-state index in [0.717, 1.165) is 40.7 Å². The molecular weight excluding hydrogens is 456 g/mol. The SMILES string of the molecule is Cc1cc2cc(NC(=N[C@H]3CCCCN(CC(=O)NCc4ccccc4C)C3=O)NC#N)ccc2o1. The van der Waals surface area contributed by atoms with Crippen LogP contribution in [0.5, 0.6) is 0 Å². The van der Waals surface area contributed by atoms with E-state index in [0.29, 0.717) is 25.2 Å². The van der Waals surface area contributed by atoms with Gasteiger partial charge in [-0.05, 0) is 68.5 Å². The van der Waals surface area contributed by atoms with Crippen LogP contribution in [0.25, 0.3) is 11.0 Å². The third kappa shape index (κ3) is 6.21. The van der Waals surface area contributed by atoms with Gasteiger partial charge in [-0.2, -0.15) is 5.26 Å². The summed E-state index contributed by atoms with van der Waals surface area (Å²) in [7, 11) is 0. The van der Waals surface area contributed by atoms with Gasteiger partial charge >= 0.3 is 0 Å². The number of nitriles is 1. The van der Waals surface area contributed by atoms with Crippen molar-refractivity contribution < 1.29 is 14.0 Å². The van der Waals surface area contributed by atoms with Crippen LogP contribution in [-0.4, -0.2) is 41.8 Å². The summed E-state index contributed by atoms with van der Waals surface area (Å²) in [6.07, 6.45) is 4.00. The summed E-state index contributed by atoms with van der Waals surface area (Å²) in [6, 6.07) is 14.6. The van der Waals surface area contributed by atoms with Crippen molar-refractivity contribution in [3.05, 3.63) is 65.4 Å². The van der Waals surface area contributed by atoms with E-state index in [1.165, 1.54) is 0 Å². The molecule has 9 heteroatoms. The Morgan fingerprint density at radius 1 is 1.19 bits per heavy atom. The molecule has 186 valence electrons. The van der Waals surface area contributed by atoms with Crippen molar-refractivity contribution in [2.45, 2.75) is 45.7 Å². The van der Waals surface area contributed by atoms with Gasteiger partial charge in [0.2, 0.25) is 17.8 Å². The Kier molecular flexibility index (Phi) is 7.85. The Morgan fingerprint density at radius 2 is 2.03 bits per heavy atom. The first-order chi connectivity index (χ1) is 17.4. The maximum absolute atomic E-state index is 13.3. The number of furan rings is 1. The minimum Gasteiger partial charge on any atom is -0.461 e. The summed E-state index contributed by atoms with van der Waals surface area (Å²) in [6.45, 7) is 4.76. The standard InChI is InChI=1S/C27H30N6O3/c1-18-7-3-4-8-20(18)15-29-25(34)16-33-12-6-5-9-23(26(33)35)32-27(30-17-28)31-22-10-11-24-21(14-22)13-19(2)36-24/h3-4,7-8,10-11,13-14,23H,5-6,9,12,15-16H2,1-2H3,(H,29,34)(H2,30,31,32)/t23-/m0/s1. The van der Waals surface area contributed by atoms with E-state index >= 15 is 0 Å². The number of carbonyl (C=O) groups excluding carboxylic acids is 2. The Hall–Kier alpha value is -4.32. The number of fused-ring (bicyclic) bond motifs is 1. The molecule has 9 nitrogen and oxygen atoms in total. The minimum atomic E-state index is -0.695. The van der Waals surface area contributed by atoms with E-state index in [4.69, 9.17) is 4.42 Å². The lowest BCUT2D eigenvalue weighted by Crippen LogP contribution is -2.44. The van der Waals surface area contributed by atoms with E-state index in [2.05, 4.69) is 20.9 Å². The molecule has 3 aromatic rings. The van der Waals surface area contributed by atoms with Crippen molar-refractivity contribution in [1.82, 2.24) is 15.5 Å². The van der Waals surface area contributed by atoms with Crippen LogP contribution in [-0.2, 0) is 16.1 Å². The van der Waals surface area contributed by atoms with Crippen LogP contribution in [0.1, 0.15) is 36.1 Å². The molecule has 1 fully saturated rings. The van der Waals surface area contributed by atoms with E-state index in [9.17, 15) is 14.9 Å². The molecule has 4 rings (SSSR count). The fraction of sp³-hybridized carbons (Fsp3) is 0.333. The number of carbonyl (C=O) groups is 2. The average Bonchev–Trinajstić information content (AvgIpc) is 3.14. The van der Waals surface area contributed by atoms with Crippen LogP contribution in [0.2, 0.25) is 0 Å². The summed E-state index contributed by atoms with van der Waals surface area (Å²) in [5.74, 6) is 0.548. The second-order valence-corrected chi connectivity index (χ2v) is 8.92. The summed E-state index contributed by atoms with van der Waals surface area (Å²) < 4.78 is 5.61. The van der Waals surface area contributed by atoms with Crippen LogP contribution in [0.4, 0.5) is 5.69 Å². The number of nitrogens with zero attached hydrogens (tertiary/aromatic N) is 3. The van der Waals surface area contributed by atoms with Crippen molar-refractivity contribution in [2.75, 3.05) is 18.4 Å². The predicted octanol–water partition coefficient (Wildman–Crippen LogP) is 3.59. The number of amides is 2. The number of aryl methyl sites for hydroxylation is 2. The van der Waals surface area contributed by atoms with Crippen molar-refractivity contribution in [3.63, 3.8) is 0 Å². The largest absolute Gasteiger partial charge is 0.461 e. The van der Waals surface area contributed by atoms with Crippen molar-refractivity contribution in [2.24, 2.45) is 4.99 Å². The number of guanidine groups is 1. The third-order valence-corrected chi connectivity index (χ3v) is 6.19. The zero-order valence-electron chi connectivity index (χ0n) is 20.5. The summed E-state index contributed by atoms with van der Waals surface area (Å²) in [5, 5.41) is 18.7. The molecule has 2 aromatic carbocycles. The molecule has 0 unspecified atom stereocenters. The monoisotopic (exact) mass is 486 g/mol. The molecule has 2 heterocycles. The van der Waals surface area contributed by atoms with Crippen molar-refractivity contribution >= 4 is 34.4 Å². The van der Waals surface area contributed by atoms with Gasteiger partial charge in [-0.3, -0.25) is 14.9 Å². The molecular formula is C27H30N6O3. The van der Waals surface area contributed by atoms with Crippen LogP contribution >= 0.6 is 0 Å². The first-order valence-corrected chi connectivity index (χ1v) is 12.0.